The molecule has 1 aliphatic heterocycles. The molecule has 0 radical (unpaired) electrons. The summed E-state index contributed by atoms with van der Waals surface area (Å²) >= 11 is 0. The Labute approximate surface area is 157 Å². The Kier molecular flexibility index (Phi) is 6.91. The first-order valence-electron chi connectivity index (χ1n) is 8.83. The lowest BCUT2D eigenvalue weighted by molar-refractivity contribution is -0.170. The number of nitrogens with one attached hydrogen (secondary N) is 1. The molecule has 0 unspecified atom stereocenters. The van der Waals surface area contributed by atoms with Crippen molar-refractivity contribution in [1.29, 1.82) is 0 Å². The largest absolute Gasteiger partial charge is 0.449 e. The topological polar surface area (TPSA) is 94.1 Å². The molecule has 1 aromatic carbocycles. The molecule has 0 aliphatic carbocycles. The molecule has 1 fully saturated rings. The summed E-state index contributed by atoms with van der Waals surface area (Å²) in [6.07, 6.45) is -2.62. The van der Waals surface area contributed by atoms with E-state index in [0.29, 0.717) is 12.8 Å². The Balaban J connectivity index is 1.76. The molecule has 1 saturated heterocycles. The van der Waals surface area contributed by atoms with Gasteiger partial charge in [0.1, 0.15) is 12.2 Å². The molecular weight excluding hydrogens is 357 g/mol. The number of hydrogen-bond donors (Lipinski definition) is 2. The van der Waals surface area contributed by atoms with Gasteiger partial charge in [0, 0.05) is 0 Å². The van der Waals surface area contributed by atoms with Crippen molar-refractivity contribution in [2.75, 3.05) is 13.2 Å². The van der Waals surface area contributed by atoms with Crippen molar-refractivity contribution >= 4 is 12.0 Å². The SMILES string of the molecule is CC1(C)OC[C@H]([C@@H](O)[C@@](C)(F)C(=O)NC(=O)OCCCc2ccccc2)O1. The predicted octanol–water partition coefficient (Wildman–Crippen LogP) is 2.11. The monoisotopic (exact) mass is 383 g/mol. The number of rotatable bonds is 7. The van der Waals surface area contributed by atoms with Gasteiger partial charge in [-0.3, -0.25) is 10.1 Å². The van der Waals surface area contributed by atoms with E-state index in [1.807, 2.05) is 35.6 Å². The van der Waals surface area contributed by atoms with Crippen LogP contribution in [-0.4, -0.2) is 54.0 Å². The number of carbonyl (C=O) groups excluding carboxylic acids is 2. The van der Waals surface area contributed by atoms with Crippen LogP contribution in [0.2, 0.25) is 0 Å². The first kappa shape index (κ1) is 21.3. The van der Waals surface area contributed by atoms with Gasteiger partial charge in [0.05, 0.1) is 13.2 Å². The van der Waals surface area contributed by atoms with Crippen molar-refractivity contribution < 1.29 is 33.3 Å². The van der Waals surface area contributed by atoms with Crippen LogP contribution in [0.25, 0.3) is 0 Å². The molecule has 0 spiro atoms. The van der Waals surface area contributed by atoms with Gasteiger partial charge in [-0.1, -0.05) is 30.3 Å². The Bertz CT molecular complexity index is 649. The van der Waals surface area contributed by atoms with E-state index in [0.717, 1.165) is 12.5 Å². The second-order valence-electron chi connectivity index (χ2n) is 7.07. The van der Waals surface area contributed by atoms with Crippen LogP contribution in [0, 0.1) is 0 Å². The summed E-state index contributed by atoms with van der Waals surface area (Å²) in [5.74, 6) is -2.27. The van der Waals surface area contributed by atoms with Crippen LogP contribution >= 0.6 is 0 Å². The second kappa shape index (κ2) is 8.77. The fourth-order valence-electron chi connectivity index (χ4n) is 2.69. The van der Waals surface area contributed by atoms with Crippen molar-refractivity contribution in [3.63, 3.8) is 0 Å². The molecule has 0 aromatic heterocycles. The maximum atomic E-state index is 14.7. The minimum absolute atomic E-state index is 0.0646. The summed E-state index contributed by atoms with van der Waals surface area (Å²) in [7, 11) is 0. The van der Waals surface area contributed by atoms with Gasteiger partial charge >= 0.3 is 6.09 Å². The van der Waals surface area contributed by atoms with Gasteiger partial charge in [0.15, 0.2) is 5.79 Å². The minimum Gasteiger partial charge on any atom is -0.449 e. The van der Waals surface area contributed by atoms with Crippen LogP contribution in [0.15, 0.2) is 30.3 Å². The number of aliphatic hydroxyl groups is 1. The molecule has 2 amide bonds. The quantitative estimate of drug-likeness (QED) is 0.701. The zero-order valence-corrected chi connectivity index (χ0v) is 15.7. The van der Waals surface area contributed by atoms with E-state index in [-0.39, 0.29) is 13.2 Å². The third kappa shape index (κ3) is 5.98. The number of carbonyl (C=O) groups is 2. The third-order valence-electron chi connectivity index (χ3n) is 4.28. The van der Waals surface area contributed by atoms with Crippen molar-refractivity contribution in [3.8, 4) is 0 Å². The molecule has 1 heterocycles. The summed E-state index contributed by atoms with van der Waals surface area (Å²) < 4.78 is 30.3. The van der Waals surface area contributed by atoms with Crippen molar-refractivity contribution in [2.24, 2.45) is 0 Å². The Morgan fingerprint density at radius 1 is 1.41 bits per heavy atom. The number of alkyl halides is 1. The highest BCUT2D eigenvalue weighted by atomic mass is 19.1. The van der Waals surface area contributed by atoms with E-state index in [1.54, 1.807) is 13.8 Å². The van der Waals surface area contributed by atoms with Crippen LogP contribution in [0.5, 0.6) is 0 Å². The average Bonchev–Trinajstić information content (AvgIpc) is 2.98. The lowest BCUT2D eigenvalue weighted by Gasteiger charge is -2.28. The van der Waals surface area contributed by atoms with E-state index in [4.69, 9.17) is 14.2 Å². The summed E-state index contributed by atoms with van der Waals surface area (Å²) in [4.78, 5) is 23.7. The molecule has 1 aromatic rings. The lowest BCUT2D eigenvalue weighted by Crippen LogP contribution is -2.55. The number of amides is 2. The van der Waals surface area contributed by atoms with Crippen molar-refractivity contribution in [1.82, 2.24) is 5.32 Å². The molecule has 2 N–H and O–H groups in total. The van der Waals surface area contributed by atoms with Crippen LogP contribution < -0.4 is 5.32 Å². The molecule has 0 bridgehead atoms. The minimum atomic E-state index is -2.75. The van der Waals surface area contributed by atoms with Gasteiger partial charge in [-0.25, -0.2) is 9.18 Å². The number of ether oxygens (including phenoxy) is 3. The molecule has 150 valence electrons. The Morgan fingerprint density at radius 2 is 2.07 bits per heavy atom. The number of halogens is 1. The average molecular weight is 383 g/mol. The van der Waals surface area contributed by atoms with Crippen LogP contribution in [0.1, 0.15) is 32.8 Å². The predicted molar refractivity (Wildman–Crippen MR) is 94.7 cm³/mol. The van der Waals surface area contributed by atoms with Crippen LogP contribution in [0.3, 0.4) is 0 Å². The number of benzene rings is 1. The van der Waals surface area contributed by atoms with Gasteiger partial charge in [0.2, 0.25) is 5.67 Å². The fourth-order valence-corrected chi connectivity index (χ4v) is 2.69. The number of aliphatic hydroxyl groups excluding tert-OH is 1. The standard InChI is InChI=1S/C19H26FNO6/c1-18(2)26-12-14(27-18)15(22)19(3,20)16(23)21-17(24)25-11-7-10-13-8-5-4-6-9-13/h4-6,8-9,14-15,22H,7,10-12H2,1-3H3,(H,21,23,24)/t14-,15-,19-/m1/s1. The highest BCUT2D eigenvalue weighted by Crippen LogP contribution is 2.29. The normalized spacial score (nSPS) is 21.9. The van der Waals surface area contributed by atoms with Crippen molar-refractivity contribution in [2.45, 2.75) is 57.3 Å². The number of alkyl carbamates (subject to hydrolysis) is 1. The summed E-state index contributed by atoms with van der Waals surface area (Å²) in [6.45, 7) is 4.12. The van der Waals surface area contributed by atoms with E-state index in [9.17, 15) is 19.1 Å². The van der Waals surface area contributed by atoms with E-state index in [2.05, 4.69) is 0 Å². The van der Waals surface area contributed by atoms with Gasteiger partial charge in [-0.2, -0.15) is 0 Å². The third-order valence-corrected chi connectivity index (χ3v) is 4.28. The number of imide groups is 1. The van der Waals surface area contributed by atoms with Crippen molar-refractivity contribution in [3.05, 3.63) is 35.9 Å². The fraction of sp³-hybridized carbons (Fsp3) is 0.579. The van der Waals surface area contributed by atoms with Gasteiger partial charge in [-0.15, -0.1) is 0 Å². The van der Waals surface area contributed by atoms with E-state index < -0.39 is 35.7 Å². The van der Waals surface area contributed by atoms with Crippen LogP contribution in [0.4, 0.5) is 9.18 Å². The lowest BCUT2D eigenvalue weighted by atomic mass is 9.96. The highest BCUT2D eigenvalue weighted by molar-refractivity contribution is 5.97. The van der Waals surface area contributed by atoms with E-state index >= 15 is 0 Å². The Morgan fingerprint density at radius 3 is 2.67 bits per heavy atom. The maximum Gasteiger partial charge on any atom is 0.413 e. The smallest absolute Gasteiger partial charge is 0.413 e. The summed E-state index contributed by atoms with van der Waals surface area (Å²) in [6, 6.07) is 9.64. The number of hydrogen-bond acceptors (Lipinski definition) is 6. The molecule has 1 aliphatic rings. The molecule has 27 heavy (non-hydrogen) atoms. The molecule has 3 atom stereocenters. The Hall–Kier alpha value is -2.03. The first-order valence-corrected chi connectivity index (χ1v) is 8.83. The summed E-state index contributed by atoms with van der Waals surface area (Å²) in [5, 5.41) is 12.0. The van der Waals surface area contributed by atoms with Gasteiger partial charge < -0.3 is 19.3 Å². The number of aryl methyl sites for hydroxylation is 1. The van der Waals surface area contributed by atoms with Crippen LogP contribution in [-0.2, 0) is 25.4 Å². The molecule has 7 nitrogen and oxygen atoms in total. The molecule has 0 saturated carbocycles. The zero-order valence-electron chi connectivity index (χ0n) is 15.7. The summed E-state index contributed by atoms with van der Waals surface area (Å²) in [5.41, 5.74) is -1.66. The van der Waals surface area contributed by atoms with E-state index in [1.165, 1.54) is 0 Å². The molecular formula is C19H26FNO6. The second-order valence-corrected chi connectivity index (χ2v) is 7.07. The highest BCUT2D eigenvalue weighted by Gasteiger charge is 2.50. The molecule has 8 heteroatoms. The molecule has 2 rings (SSSR count). The zero-order chi connectivity index (χ0) is 20.1. The maximum absolute atomic E-state index is 14.7. The van der Waals surface area contributed by atoms with Gasteiger partial charge in [0.25, 0.3) is 5.91 Å². The first-order chi connectivity index (χ1) is 12.6. The van der Waals surface area contributed by atoms with Gasteiger partial charge in [-0.05, 0) is 39.2 Å².